The Balaban J connectivity index is 2.24. The lowest BCUT2D eigenvalue weighted by Crippen LogP contribution is -2.12. The number of hydrogen-bond donors (Lipinski definition) is 3. The highest BCUT2D eigenvalue weighted by molar-refractivity contribution is 6.06. The zero-order valence-corrected chi connectivity index (χ0v) is 10.9. The van der Waals surface area contributed by atoms with Gasteiger partial charge in [0.2, 0.25) is 0 Å². The van der Waals surface area contributed by atoms with Gasteiger partial charge < -0.3 is 16.2 Å². The van der Waals surface area contributed by atoms with Gasteiger partial charge in [-0.1, -0.05) is 11.8 Å². The quantitative estimate of drug-likeness (QED) is 0.729. The van der Waals surface area contributed by atoms with Crippen LogP contribution in [0.15, 0.2) is 36.7 Å². The summed E-state index contributed by atoms with van der Waals surface area (Å²) in [5.41, 5.74) is 5.81. The van der Waals surface area contributed by atoms with E-state index in [2.05, 4.69) is 22.1 Å². The number of hydrogen-bond acceptors (Lipinski definition) is 4. The summed E-state index contributed by atoms with van der Waals surface area (Å²) >= 11 is 0. The van der Waals surface area contributed by atoms with Crippen LogP contribution in [0.3, 0.4) is 0 Å². The smallest absolute Gasteiger partial charge is 0.259 e. The van der Waals surface area contributed by atoms with Gasteiger partial charge in [-0.2, -0.15) is 0 Å². The highest BCUT2D eigenvalue weighted by atomic mass is 19.1. The van der Waals surface area contributed by atoms with Crippen molar-refractivity contribution in [1.29, 1.82) is 0 Å². The third-order valence-corrected chi connectivity index (χ3v) is 2.59. The molecule has 1 aromatic heterocycles. The molecule has 4 N–H and O–H groups in total. The van der Waals surface area contributed by atoms with Gasteiger partial charge in [-0.25, -0.2) is 4.39 Å². The summed E-state index contributed by atoms with van der Waals surface area (Å²) in [5.74, 6) is 3.86. The second-order valence-corrected chi connectivity index (χ2v) is 4.05. The third-order valence-electron chi connectivity index (χ3n) is 2.59. The lowest BCUT2D eigenvalue weighted by molar-refractivity contribution is 0.102. The molecule has 0 aliphatic heterocycles. The molecule has 0 unspecified atom stereocenters. The van der Waals surface area contributed by atoms with E-state index >= 15 is 0 Å². The van der Waals surface area contributed by atoms with Crippen LogP contribution >= 0.6 is 0 Å². The minimum Gasteiger partial charge on any atom is -0.505 e. The van der Waals surface area contributed by atoms with Gasteiger partial charge in [-0.15, -0.1) is 0 Å². The zero-order chi connectivity index (χ0) is 15.2. The normalized spacial score (nSPS) is 9.62. The molecule has 21 heavy (non-hydrogen) atoms. The number of anilines is 1. The Morgan fingerprint density at radius 1 is 1.43 bits per heavy atom. The van der Waals surface area contributed by atoms with Crippen LogP contribution in [-0.4, -0.2) is 22.5 Å². The van der Waals surface area contributed by atoms with E-state index < -0.39 is 11.7 Å². The third kappa shape index (κ3) is 3.55. The second kappa shape index (κ2) is 6.50. The number of aromatic hydroxyl groups is 1. The van der Waals surface area contributed by atoms with Crippen LogP contribution in [0.2, 0.25) is 0 Å². The summed E-state index contributed by atoms with van der Waals surface area (Å²) < 4.78 is 13.5. The number of nitrogens with zero attached hydrogens (tertiary/aromatic N) is 1. The van der Waals surface area contributed by atoms with Crippen molar-refractivity contribution in [1.82, 2.24) is 4.98 Å². The van der Waals surface area contributed by atoms with Crippen LogP contribution in [-0.2, 0) is 0 Å². The molecule has 106 valence electrons. The van der Waals surface area contributed by atoms with E-state index in [0.717, 1.165) is 6.20 Å². The summed E-state index contributed by atoms with van der Waals surface area (Å²) in [6.07, 6.45) is 2.55. The van der Waals surface area contributed by atoms with Gasteiger partial charge in [0.25, 0.3) is 5.91 Å². The molecule has 1 heterocycles. The maximum absolute atomic E-state index is 13.5. The fraction of sp³-hybridized carbons (Fsp3) is 0.0667. The Hall–Kier alpha value is -2.91. The number of carbonyl (C=O) groups is 1. The van der Waals surface area contributed by atoms with Crippen molar-refractivity contribution in [3.63, 3.8) is 0 Å². The van der Waals surface area contributed by atoms with Crippen LogP contribution in [0, 0.1) is 17.7 Å². The molecule has 2 aromatic rings. The first-order chi connectivity index (χ1) is 10.1. The van der Waals surface area contributed by atoms with E-state index in [1.165, 1.54) is 30.5 Å². The standard InChI is InChI=1S/C15H12FN3O2/c16-13-4-3-11(8-10(13)2-1-6-17)19-15(21)12-5-7-18-9-14(12)20/h3-5,7-9,20H,6,17H2,(H,19,21). The van der Waals surface area contributed by atoms with Crippen LogP contribution < -0.4 is 11.1 Å². The summed E-state index contributed by atoms with van der Waals surface area (Å²) in [7, 11) is 0. The maximum atomic E-state index is 13.5. The van der Waals surface area contributed by atoms with E-state index in [4.69, 9.17) is 5.73 Å². The van der Waals surface area contributed by atoms with E-state index in [1.54, 1.807) is 0 Å². The molecular formula is C15H12FN3O2. The zero-order valence-electron chi connectivity index (χ0n) is 10.9. The average molecular weight is 285 g/mol. The van der Waals surface area contributed by atoms with Crippen molar-refractivity contribution in [3.05, 3.63) is 53.6 Å². The van der Waals surface area contributed by atoms with Crippen molar-refractivity contribution < 1.29 is 14.3 Å². The predicted octanol–water partition coefficient (Wildman–Crippen LogP) is 1.49. The maximum Gasteiger partial charge on any atom is 0.259 e. The largest absolute Gasteiger partial charge is 0.505 e. The number of carbonyl (C=O) groups excluding carboxylic acids is 1. The average Bonchev–Trinajstić information content (AvgIpc) is 2.48. The van der Waals surface area contributed by atoms with Gasteiger partial charge in [-0.05, 0) is 24.3 Å². The van der Waals surface area contributed by atoms with Crippen molar-refractivity contribution in [2.24, 2.45) is 5.73 Å². The first kappa shape index (κ1) is 14.5. The monoisotopic (exact) mass is 285 g/mol. The van der Waals surface area contributed by atoms with Crippen LogP contribution in [0.4, 0.5) is 10.1 Å². The van der Waals surface area contributed by atoms with E-state index in [9.17, 15) is 14.3 Å². The summed E-state index contributed by atoms with van der Waals surface area (Å²) in [5, 5.41) is 12.1. The van der Waals surface area contributed by atoms with Crippen molar-refractivity contribution in [2.75, 3.05) is 11.9 Å². The Bertz CT molecular complexity index is 735. The fourth-order valence-corrected chi connectivity index (χ4v) is 1.62. The topological polar surface area (TPSA) is 88.2 Å². The Morgan fingerprint density at radius 3 is 2.95 bits per heavy atom. The number of halogens is 1. The molecule has 0 atom stereocenters. The number of nitrogens with one attached hydrogen (secondary N) is 1. The molecule has 1 aromatic carbocycles. The molecule has 0 aliphatic rings. The van der Waals surface area contributed by atoms with Gasteiger partial charge in [0, 0.05) is 11.9 Å². The molecule has 0 saturated carbocycles. The lowest BCUT2D eigenvalue weighted by Gasteiger charge is -2.07. The second-order valence-electron chi connectivity index (χ2n) is 4.05. The number of rotatable bonds is 2. The minimum atomic E-state index is -0.528. The molecule has 0 spiro atoms. The molecular weight excluding hydrogens is 273 g/mol. The molecule has 1 amide bonds. The van der Waals surface area contributed by atoms with Crippen molar-refractivity contribution in [2.45, 2.75) is 0 Å². The van der Waals surface area contributed by atoms with Gasteiger partial charge in [0.05, 0.1) is 23.9 Å². The van der Waals surface area contributed by atoms with Gasteiger partial charge in [0.15, 0.2) is 0 Å². The number of aromatic nitrogens is 1. The predicted molar refractivity (Wildman–Crippen MR) is 76.2 cm³/mol. The van der Waals surface area contributed by atoms with E-state index in [0.29, 0.717) is 5.69 Å². The summed E-state index contributed by atoms with van der Waals surface area (Å²) in [6, 6.07) is 5.37. The molecule has 5 nitrogen and oxygen atoms in total. The van der Waals surface area contributed by atoms with E-state index in [1.807, 2.05) is 0 Å². The lowest BCUT2D eigenvalue weighted by atomic mass is 10.1. The molecule has 2 rings (SSSR count). The van der Waals surface area contributed by atoms with E-state index in [-0.39, 0.29) is 23.4 Å². The van der Waals surface area contributed by atoms with Crippen LogP contribution in [0.1, 0.15) is 15.9 Å². The highest BCUT2D eigenvalue weighted by Gasteiger charge is 2.11. The number of pyridine rings is 1. The minimum absolute atomic E-state index is 0.0731. The summed E-state index contributed by atoms with van der Waals surface area (Å²) in [4.78, 5) is 15.7. The molecule has 0 radical (unpaired) electrons. The van der Waals surface area contributed by atoms with Crippen molar-refractivity contribution >= 4 is 11.6 Å². The van der Waals surface area contributed by atoms with Gasteiger partial charge in [0.1, 0.15) is 11.6 Å². The van der Waals surface area contributed by atoms with Crippen LogP contribution in [0.25, 0.3) is 0 Å². The Labute approximate surface area is 120 Å². The van der Waals surface area contributed by atoms with Crippen molar-refractivity contribution in [3.8, 4) is 17.6 Å². The first-order valence-corrected chi connectivity index (χ1v) is 6.04. The number of nitrogens with two attached hydrogens (primary N) is 1. The molecule has 0 fully saturated rings. The van der Waals surface area contributed by atoms with Gasteiger partial charge >= 0.3 is 0 Å². The number of benzene rings is 1. The fourth-order valence-electron chi connectivity index (χ4n) is 1.62. The Kier molecular flexibility index (Phi) is 4.49. The molecule has 0 saturated heterocycles. The Morgan fingerprint density at radius 2 is 2.24 bits per heavy atom. The number of amides is 1. The van der Waals surface area contributed by atoms with Gasteiger partial charge in [-0.3, -0.25) is 9.78 Å². The molecule has 0 aliphatic carbocycles. The SMILES string of the molecule is NCC#Cc1cc(NC(=O)c2ccncc2O)ccc1F. The van der Waals surface area contributed by atoms with Crippen LogP contribution in [0.5, 0.6) is 5.75 Å². The first-order valence-electron chi connectivity index (χ1n) is 6.04. The highest BCUT2D eigenvalue weighted by Crippen LogP contribution is 2.18. The molecule has 0 bridgehead atoms. The molecule has 6 heteroatoms. The summed E-state index contributed by atoms with van der Waals surface area (Å²) in [6.45, 7) is 0.112.